The van der Waals surface area contributed by atoms with Gasteiger partial charge in [-0.15, -0.1) is 0 Å². The van der Waals surface area contributed by atoms with Crippen LogP contribution in [0.25, 0.3) is 0 Å². The van der Waals surface area contributed by atoms with Crippen molar-refractivity contribution in [1.29, 1.82) is 0 Å². The lowest BCUT2D eigenvalue weighted by Crippen LogP contribution is -2.43. The molecule has 2 unspecified atom stereocenters. The molecule has 0 heterocycles. The van der Waals surface area contributed by atoms with Crippen molar-refractivity contribution >= 4 is 6.09 Å². The molecule has 0 spiro atoms. The van der Waals surface area contributed by atoms with Crippen LogP contribution >= 0.6 is 0 Å². The monoisotopic (exact) mass is 306 g/mol. The normalized spacial score (nSPS) is 14.2. The van der Waals surface area contributed by atoms with Crippen LogP contribution in [-0.4, -0.2) is 24.3 Å². The van der Waals surface area contributed by atoms with Gasteiger partial charge in [-0.1, -0.05) is 44.2 Å². The van der Waals surface area contributed by atoms with Gasteiger partial charge in [0.05, 0.1) is 0 Å². The predicted molar refractivity (Wildman–Crippen MR) is 90.9 cm³/mol. The molecule has 1 aromatic carbocycles. The van der Waals surface area contributed by atoms with E-state index in [1.165, 1.54) is 5.56 Å². The molecule has 1 amide bonds. The summed E-state index contributed by atoms with van der Waals surface area (Å²) in [5, 5.41) is 6.47. The minimum absolute atomic E-state index is 0.220. The molecule has 0 aliphatic rings. The second-order valence-corrected chi connectivity index (χ2v) is 6.53. The number of nitrogens with one attached hydrogen (secondary N) is 2. The largest absolute Gasteiger partial charge is 0.444 e. The molecule has 0 bridgehead atoms. The summed E-state index contributed by atoms with van der Waals surface area (Å²) in [6.45, 7) is 10.4. The van der Waals surface area contributed by atoms with Gasteiger partial charge in [-0.2, -0.15) is 0 Å². The fourth-order valence-corrected chi connectivity index (χ4v) is 2.26. The van der Waals surface area contributed by atoms with Crippen LogP contribution in [0.1, 0.15) is 59.1 Å². The zero-order chi connectivity index (χ0) is 16.6. The summed E-state index contributed by atoms with van der Waals surface area (Å²) >= 11 is 0. The number of benzene rings is 1. The Bertz CT molecular complexity index is 440. The lowest BCUT2D eigenvalue weighted by molar-refractivity contribution is 0.0521. The van der Waals surface area contributed by atoms with Crippen molar-refractivity contribution < 1.29 is 9.53 Å². The third kappa shape index (κ3) is 6.94. The quantitative estimate of drug-likeness (QED) is 0.799. The minimum atomic E-state index is -0.463. The molecule has 22 heavy (non-hydrogen) atoms. The number of hydrogen-bond acceptors (Lipinski definition) is 3. The van der Waals surface area contributed by atoms with Crippen LogP contribution in [0.15, 0.2) is 30.3 Å². The van der Waals surface area contributed by atoms with Crippen molar-refractivity contribution in [2.24, 2.45) is 0 Å². The molecule has 1 rings (SSSR count). The molecular weight excluding hydrogens is 276 g/mol. The highest BCUT2D eigenvalue weighted by molar-refractivity contribution is 5.67. The molecule has 124 valence electrons. The van der Waals surface area contributed by atoms with E-state index >= 15 is 0 Å². The molecular formula is C18H30N2O2. The van der Waals surface area contributed by atoms with E-state index < -0.39 is 5.60 Å². The van der Waals surface area contributed by atoms with Crippen LogP contribution in [0.2, 0.25) is 0 Å². The molecule has 0 aliphatic heterocycles. The van der Waals surface area contributed by atoms with E-state index in [0.717, 1.165) is 12.8 Å². The molecule has 0 aromatic heterocycles. The molecule has 0 saturated carbocycles. The molecule has 4 nitrogen and oxygen atoms in total. The number of carbonyl (C=O) groups excluding carboxylic acids is 1. The Balaban J connectivity index is 2.52. The second kappa shape index (κ2) is 8.79. The standard InChI is InChI=1S/C18H30N2O2/c1-6-15(13-19-17(21)22-18(3,4)5)20-16(7-2)14-11-9-8-10-12-14/h8-12,15-16,20H,6-7,13H2,1-5H3,(H,19,21). The zero-order valence-electron chi connectivity index (χ0n) is 14.5. The van der Waals surface area contributed by atoms with Crippen LogP contribution in [0.4, 0.5) is 4.79 Å². The Morgan fingerprint density at radius 3 is 2.27 bits per heavy atom. The van der Waals surface area contributed by atoms with E-state index in [-0.39, 0.29) is 12.1 Å². The van der Waals surface area contributed by atoms with Crippen molar-refractivity contribution in [3.05, 3.63) is 35.9 Å². The van der Waals surface area contributed by atoms with Crippen LogP contribution in [0.5, 0.6) is 0 Å². The first-order valence-corrected chi connectivity index (χ1v) is 8.13. The Kier molecular flexibility index (Phi) is 7.39. The van der Waals surface area contributed by atoms with Crippen molar-refractivity contribution in [3.63, 3.8) is 0 Å². The molecule has 2 atom stereocenters. The van der Waals surface area contributed by atoms with Crippen LogP contribution < -0.4 is 10.6 Å². The Morgan fingerprint density at radius 1 is 1.14 bits per heavy atom. The van der Waals surface area contributed by atoms with Crippen LogP contribution in [0.3, 0.4) is 0 Å². The topological polar surface area (TPSA) is 50.4 Å². The SMILES string of the molecule is CCC(CNC(=O)OC(C)(C)C)NC(CC)c1ccccc1. The van der Waals surface area contributed by atoms with Crippen molar-refractivity contribution in [2.45, 2.75) is 65.1 Å². The van der Waals surface area contributed by atoms with Gasteiger partial charge in [-0.25, -0.2) is 4.79 Å². The maximum absolute atomic E-state index is 11.7. The average Bonchev–Trinajstić information content (AvgIpc) is 2.47. The average molecular weight is 306 g/mol. The fraction of sp³-hybridized carbons (Fsp3) is 0.611. The molecule has 0 radical (unpaired) electrons. The molecule has 4 heteroatoms. The maximum atomic E-state index is 11.7. The highest BCUT2D eigenvalue weighted by Crippen LogP contribution is 2.17. The lowest BCUT2D eigenvalue weighted by atomic mass is 10.0. The van der Waals surface area contributed by atoms with E-state index in [2.05, 4.69) is 48.7 Å². The zero-order valence-corrected chi connectivity index (χ0v) is 14.5. The van der Waals surface area contributed by atoms with Gasteiger partial charge in [0.2, 0.25) is 0 Å². The van der Waals surface area contributed by atoms with Crippen LogP contribution in [0, 0.1) is 0 Å². The minimum Gasteiger partial charge on any atom is -0.444 e. The smallest absolute Gasteiger partial charge is 0.407 e. The van der Waals surface area contributed by atoms with Crippen molar-refractivity contribution in [1.82, 2.24) is 10.6 Å². The fourth-order valence-electron chi connectivity index (χ4n) is 2.26. The maximum Gasteiger partial charge on any atom is 0.407 e. The molecule has 2 N–H and O–H groups in total. The summed E-state index contributed by atoms with van der Waals surface area (Å²) in [4.78, 5) is 11.7. The van der Waals surface area contributed by atoms with Crippen LogP contribution in [-0.2, 0) is 4.74 Å². The van der Waals surface area contributed by atoms with E-state index in [1.807, 2.05) is 26.8 Å². The number of rotatable bonds is 7. The van der Waals surface area contributed by atoms with Gasteiger partial charge in [0.25, 0.3) is 0 Å². The molecule has 0 fully saturated rings. The number of ether oxygens (including phenoxy) is 1. The lowest BCUT2D eigenvalue weighted by Gasteiger charge is -2.26. The first-order chi connectivity index (χ1) is 10.4. The Hall–Kier alpha value is -1.55. The summed E-state index contributed by atoms with van der Waals surface area (Å²) in [6.07, 6.45) is 1.59. The Labute approximate surface area is 134 Å². The van der Waals surface area contributed by atoms with Gasteiger partial charge in [0.15, 0.2) is 0 Å². The van der Waals surface area contributed by atoms with E-state index in [0.29, 0.717) is 12.6 Å². The molecule has 0 aliphatic carbocycles. The van der Waals surface area contributed by atoms with Gasteiger partial charge in [0.1, 0.15) is 5.60 Å². The first-order valence-electron chi connectivity index (χ1n) is 8.13. The summed E-state index contributed by atoms with van der Waals surface area (Å²) in [6, 6.07) is 10.9. The van der Waals surface area contributed by atoms with Crippen molar-refractivity contribution in [2.75, 3.05) is 6.54 Å². The Morgan fingerprint density at radius 2 is 1.77 bits per heavy atom. The van der Waals surface area contributed by atoms with Crippen molar-refractivity contribution in [3.8, 4) is 0 Å². The van der Waals surface area contributed by atoms with Gasteiger partial charge in [-0.05, 0) is 39.2 Å². The van der Waals surface area contributed by atoms with Gasteiger partial charge >= 0.3 is 6.09 Å². The van der Waals surface area contributed by atoms with E-state index in [9.17, 15) is 4.79 Å². The number of amides is 1. The molecule has 0 saturated heterocycles. The summed E-state index contributed by atoms with van der Waals surface area (Å²) in [5.41, 5.74) is 0.815. The third-order valence-corrected chi connectivity index (χ3v) is 3.43. The van der Waals surface area contributed by atoms with E-state index in [1.54, 1.807) is 0 Å². The first kappa shape index (κ1) is 18.5. The predicted octanol–water partition coefficient (Wildman–Crippen LogP) is 4.03. The highest BCUT2D eigenvalue weighted by Gasteiger charge is 2.18. The third-order valence-electron chi connectivity index (χ3n) is 3.43. The summed E-state index contributed by atoms with van der Waals surface area (Å²) in [5.74, 6) is 0. The van der Waals surface area contributed by atoms with Gasteiger partial charge < -0.3 is 15.4 Å². The molecule has 1 aromatic rings. The number of hydrogen-bond donors (Lipinski definition) is 2. The number of alkyl carbamates (subject to hydrolysis) is 1. The summed E-state index contributed by atoms with van der Waals surface area (Å²) in [7, 11) is 0. The summed E-state index contributed by atoms with van der Waals surface area (Å²) < 4.78 is 5.27. The van der Waals surface area contributed by atoms with E-state index in [4.69, 9.17) is 4.74 Å². The highest BCUT2D eigenvalue weighted by atomic mass is 16.6. The second-order valence-electron chi connectivity index (χ2n) is 6.53. The van der Waals surface area contributed by atoms with Gasteiger partial charge in [0, 0.05) is 18.6 Å². The number of carbonyl (C=O) groups is 1. The van der Waals surface area contributed by atoms with Gasteiger partial charge in [-0.3, -0.25) is 0 Å².